The maximum Gasteiger partial charge on any atom is 0.0602 e. The molecule has 1 saturated carbocycles. The monoisotopic (exact) mass is 284 g/mol. The number of halogens is 1. The number of aliphatic hydroxyl groups is 1. The normalized spacial score (nSPS) is 33.6. The summed E-state index contributed by atoms with van der Waals surface area (Å²) in [5, 5.41) is 10.4. The van der Waals surface area contributed by atoms with Crippen LogP contribution >= 0.6 is 15.9 Å². The Bertz CT molecular complexity index is 250. The van der Waals surface area contributed by atoms with Crippen molar-refractivity contribution in [2.45, 2.75) is 49.5 Å². The third-order valence-corrected chi connectivity index (χ3v) is 4.84. The molecular formula is C14H21BrO. The molecule has 16 heavy (non-hydrogen) atoms. The molecule has 0 aromatic carbocycles. The Kier molecular flexibility index (Phi) is 4.66. The Hall–Kier alpha value is -0.0800. The Balaban J connectivity index is 1.88. The molecule has 0 aromatic heterocycles. The molecular weight excluding hydrogens is 264 g/mol. The summed E-state index contributed by atoms with van der Waals surface area (Å²) in [6, 6.07) is 0. The lowest BCUT2D eigenvalue weighted by Crippen LogP contribution is -2.32. The second kappa shape index (κ2) is 6.02. The number of allylic oxidation sites excluding steroid dienone is 4. The first-order valence-electron chi connectivity index (χ1n) is 6.41. The van der Waals surface area contributed by atoms with E-state index >= 15 is 0 Å². The van der Waals surface area contributed by atoms with E-state index in [0.717, 1.165) is 12.8 Å². The summed E-state index contributed by atoms with van der Waals surface area (Å²) in [6.07, 6.45) is 15.3. The molecule has 0 saturated heterocycles. The van der Waals surface area contributed by atoms with Crippen LogP contribution in [0.25, 0.3) is 0 Å². The number of rotatable bonds is 2. The molecule has 1 fully saturated rings. The lowest BCUT2D eigenvalue weighted by molar-refractivity contribution is 0.0362. The van der Waals surface area contributed by atoms with Gasteiger partial charge in [0.15, 0.2) is 0 Å². The molecule has 2 heteroatoms. The van der Waals surface area contributed by atoms with Gasteiger partial charge in [0.1, 0.15) is 0 Å². The van der Waals surface area contributed by atoms with Crippen LogP contribution in [0.2, 0.25) is 0 Å². The van der Waals surface area contributed by atoms with E-state index in [1.165, 1.54) is 25.7 Å². The highest BCUT2D eigenvalue weighted by Gasteiger charge is 2.29. The first-order valence-corrected chi connectivity index (χ1v) is 7.32. The quantitative estimate of drug-likeness (QED) is 0.765. The van der Waals surface area contributed by atoms with Gasteiger partial charge < -0.3 is 5.11 Å². The lowest BCUT2D eigenvalue weighted by Gasteiger charge is -2.33. The van der Waals surface area contributed by atoms with Crippen molar-refractivity contribution < 1.29 is 5.11 Å². The van der Waals surface area contributed by atoms with E-state index in [4.69, 9.17) is 0 Å². The van der Waals surface area contributed by atoms with Gasteiger partial charge in [-0.15, -0.1) is 0 Å². The highest BCUT2D eigenvalue weighted by molar-refractivity contribution is 9.09. The molecule has 0 heterocycles. The fourth-order valence-corrected chi connectivity index (χ4v) is 3.37. The molecule has 2 aliphatic rings. The highest BCUT2D eigenvalue weighted by atomic mass is 79.9. The molecule has 0 radical (unpaired) electrons. The Morgan fingerprint density at radius 2 is 1.50 bits per heavy atom. The molecule has 1 nitrogen and oxygen atoms in total. The second-order valence-electron chi connectivity index (χ2n) is 5.09. The predicted molar refractivity (Wildman–Crippen MR) is 71.7 cm³/mol. The van der Waals surface area contributed by atoms with E-state index in [-0.39, 0.29) is 6.10 Å². The van der Waals surface area contributed by atoms with Crippen molar-refractivity contribution in [2.24, 2.45) is 11.8 Å². The molecule has 1 N–H and O–H groups in total. The van der Waals surface area contributed by atoms with Gasteiger partial charge in [0.05, 0.1) is 6.10 Å². The van der Waals surface area contributed by atoms with Gasteiger partial charge in [-0.2, -0.15) is 0 Å². The standard InChI is InChI=1S/C14H21BrO/c15-13-9-7-12(8-10-13)14(16)11-5-3-1-2-4-6-11/h1-4,11-14,16H,5-10H2. The smallest absolute Gasteiger partial charge is 0.0602 e. The van der Waals surface area contributed by atoms with Crippen LogP contribution in [0.1, 0.15) is 38.5 Å². The summed E-state index contributed by atoms with van der Waals surface area (Å²) < 4.78 is 0. The third-order valence-electron chi connectivity index (χ3n) is 3.93. The van der Waals surface area contributed by atoms with E-state index in [0.29, 0.717) is 16.7 Å². The Labute approximate surface area is 107 Å². The summed E-state index contributed by atoms with van der Waals surface area (Å²) in [5.74, 6) is 0.963. The van der Waals surface area contributed by atoms with E-state index in [2.05, 4.69) is 40.2 Å². The molecule has 1 atom stereocenters. The van der Waals surface area contributed by atoms with E-state index in [1.807, 2.05) is 0 Å². The molecule has 2 aliphatic carbocycles. The zero-order valence-electron chi connectivity index (χ0n) is 9.69. The number of hydrogen-bond donors (Lipinski definition) is 1. The van der Waals surface area contributed by atoms with Crippen LogP contribution in [0.15, 0.2) is 24.3 Å². The average Bonchev–Trinajstić information content (AvgIpc) is 2.57. The minimum Gasteiger partial charge on any atom is -0.393 e. The second-order valence-corrected chi connectivity index (χ2v) is 6.39. The van der Waals surface area contributed by atoms with Gasteiger partial charge >= 0.3 is 0 Å². The van der Waals surface area contributed by atoms with Crippen molar-refractivity contribution >= 4 is 15.9 Å². The fourth-order valence-electron chi connectivity index (χ4n) is 2.84. The zero-order chi connectivity index (χ0) is 11.4. The van der Waals surface area contributed by atoms with Crippen molar-refractivity contribution in [1.82, 2.24) is 0 Å². The van der Waals surface area contributed by atoms with Gasteiger partial charge in [-0.1, -0.05) is 40.2 Å². The number of alkyl halides is 1. The first kappa shape index (κ1) is 12.4. The predicted octanol–water partition coefficient (Wildman–Crippen LogP) is 3.82. The van der Waals surface area contributed by atoms with Crippen molar-refractivity contribution in [1.29, 1.82) is 0 Å². The summed E-state index contributed by atoms with van der Waals surface area (Å²) in [6.45, 7) is 0. The van der Waals surface area contributed by atoms with E-state index in [9.17, 15) is 5.11 Å². The zero-order valence-corrected chi connectivity index (χ0v) is 11.3. The maximum atomic E-state index is 10.4. The lowest BCUT2D eigenvalue weighted by atomic mass is 9.78. The van der Waals surface area contributed by atoms with Crippen LogP contribution < -0.4 is 0 Å². The van der Waals surface area contributed by atoms with Gasteiger partial charge in [-0.25, -0.2) is 0 Å². The van der Waals surface area contributed by atoms with E-state index in [1.54, 1.807) is 0 Å². The van der Waals surface area contributed by atoms with Gasteiger partial charge in [0.2, 0.25) is 0 Å². The first-order chi connectivity index (χ1) is 7.77. The largest absolute Gasteiger partial charge is 0.393 e. The summed E-state index contributed by atoms with van der Waals surface area (Å²) in [4.78, 5) is 0.685. The van der Waals surface area contributed by atoms with Crippen molar-refractivity contribution in [2.75, 3.05) is 0 Å². The van der Waals surface area contributed by atoms with Crippen molar-refractivity contribution in [3.8, 4) is 0 Å². The molecule has 1 unspecified atom stereocenters. The fraction of sp³-hybridized carbons (Fsp3) is 0.714. The molecule has 2 rings (SSSR count). The van der Waals surface area contributed by atoms with Gasteiger partial charge in [0.25, 0.3) is 0 Å². The molecule has 0 aromatic rings. The van der Waals surface area contributed by atoms with Crippen molar-refractivity contribution in [3.05, 3.63) is 24.3 Å². The molecule has 0 bridgehead atoms. The average molecular weight is 285 g/mol. The van der Waals surface area contributed by atoms with Crippen LogP contribution in [0, 0.1) is 11.8 Å². The Morgan fingerprint density at radius 3 is 2.06 bits per heavy atom. The molecule has 0 aliphatic heterocycles. The van der Waals surface area contributed by atoms with Crippen LogP contribution in [0.5, 0.6) is 0 Å². The van der Waals surface area contributed by atoms with E-state index < -0.39 is 0 Å². The van der Waals surface area contributed by atoms with Crippen LogP contribution in [-0.2, 0) is 0 Å². The highest BCUT2D eigenvalue weighted by Crippen LogP contribution is 2.35. The van der Waals surface area contributed by atoms with Gasteiger partial charge in [-0.3, -0.25) is 0 Å². The summed E-state index contributed by atoms with van der Waals surface area (Å²) in [7, 11) is 0. The summed E-state index contributed by atoms with van der Waals surface area (Å²) >= 11 is 3.67. The molecule has 0 amide bonds. The maximum absolute atomic E-state index is 10.4. The SMILES string of the molecule is OC(C1CC=CC=CC1)C1CCC(Br)CC1. The van der Waals surface area contributed by atoms with Gasteiger partial charge in [0, 0.05) is 4.83 Å². The number of hydrogen-bond acceptors (Lipinski definition) is 1. The van der Waals surface area contributed by atoms with Gasteiger partial charge in [-0.05, 0) is 50.4 Å². The summed E-state index contributed by atoms with van der Waals surface area (Å²) in [5.41, 5.74) is 0. The topological polar surface area (TPSA) is 20.2 Å². The number of aliphatic hydroxyl groups excluding tert-OH is 1. The molecule has 90 valence electrons. The van der Waals surface area contributed by atoms with Crippen molar-refractivity contribution in [3.63, 3.8) is 0 Å². The molecule has 0 spiro atoms. The van der Waals surface area contributed by atoms with Crippen LogP contribution in [0.4, 0.5) is 0 Å². The Morgan fingerprint density at radius 1 is 0.938 bits per heavy atom. The third kappa shape index (κ3) is 3.21. The minimum atomic E-state index is -0.104. The van der Waals surface area contributed by atoms with Crippen LogP contribution in [-0.4, -0.2) is 16.0 Å². The minimum absolute atomic E-state index is 0.104. The van der Waals surface area contributed by atoms with Crippen LogP contribution in [0.3, 0.4) is 0 Å².